The molecule has 0 saturated carbocycles. The van der Waals surface area contributed by atoms with E-state index in [9.17, 15) is 9.59 Å². The Hall–Kier alpha value is -2.11. The Morgan fingerprint density at radius 1 is 1.45 bits per heavy atom. The number of carboxylic acids is 1. The summed E-state index contributed by atoms with van der Waals surface area (Å²) in [5, 5.41) is 12.1. The number of carboxylic acid groups (broad SMARTS) is 1. The lowest BCUT2D eigenvalue weighted by Gasteiger charge is -2.41. The molecule has 1 amide bonds. The van der Waals surface area contributed by atoms with Crippen molar-refractivity contribution in [3.05, 3.63) is 23.9 Å². The summed E-state index contributed by atoms with van der Waals surface area (Å²) in [7, 11) is 0. The number of hydrogen-bond donors (Lipinski definition) is 2. The van der Waals surface area contributed by atoms with Crippen molar-refractivity contribution in [2.24, 2.45) is 5.92 Å². The second-order valence-corrected chi connectivity index (χ2v) is 5.42. The third-order valence-electron chi connectivity index (χ3n) is 4.14. The van der Waals surface area contributed by atoms with E-state index < -0.39 is 5.97 Å². The maximum absolute atomic E-state index is 11.4. The van der Waals surface area contributed by atoms with E-state index in [4.69, 9.17) is 5.11 Å². The molecule has 2 atom stereocenters. The van der Waals surface area contributed by atoms with Crippen LogP contribution in [0.5, 0.6) is 0 Å². The lowest BCUT2D eigenvalue weighted by atomic mass is 9.85. The number of aromatic nitrogens is 1. The van der Waals surface area contributed by atoms with Crippen molar-refractivity contribution >= 4 is 17.7 Å². The Kier molecular flexibility index (Phi) is 3.30. The summed E-state index contributed by atoms with van der Waals surface area (Å²) in [5.41, 5.74) is 0.258. The van der Waals surface area contributed by atoms with E-state index in [0.717, 1.165) is 25.9 Å². The predicted octanol–water partition coefficient (Wildman–Crippen LogP) is 0.885. The van der Waals surface area contributed by atoms with Crippen molar-refractivity contribution < 1.29 is 14.7 Å². The minimum absolute atomic E-state index is 0.144. The lowest BCUT2D eigenvalue weighted by Crippen LogP contribution is -2.54. The smallest absolute Gasteiger partial charge is 0.335 e. The molecule has 2 N–H and O–H groups in total. The molecule has 2 saturated heterocycles. The van der Waals surface area contributed by atoms with Gasteiger partial charge in [0, 0.05) is 31.7 Å². The van der Waals surface area contributed by atoms with Gasteiger partial charge in [-0.05, 0) is 30.9 Å². The molecule has 1 aromatic rings. The number of rotatable bonds is 2. The zero-order valence-corrected chi connectivity index (χ0v) is 11.1. The van der Waals surface area contributed by atoms with E-state index in [1.807, 2.05) is 0 Å². The first kappa shape index (κ1) is 12.9. The first-order chi connectivity index (χ1) is 9.63. The van der Waals surface area contributed by atoms with Crippen LogP contribution in [0.25, 0.3) is 0 Å². The zero-order chi connectivity index (χ0) is 14.1. The van der Waals surface area contributed by atoms with Crippen LogP contribution in [0.15, 0.2) is 18.3 Å². The maximum Gasteiger partial charge on any atom is 0.335 e. The van der Waals surface area contributed by atoms with Gasteiger partial charge in [-0.15, -0.1) is 0 Å². The second-order valence-electron chi connectivity index (χ2n) is 5.42. The van der Waals surface area contributed by atoms with E-state index in [0.29, 0.717) is 18.2 Å². The van der Waals surface area contributed by atoms with Gasteiger partial charge in [0.1, 0.15) is 5.82 Å². The van der Waals surface area contributed by atoms with E-state index in [1.165, 1.54) is 12.3 Å². The van der Waals surface area contributed by atoms with Crippen LogP contribution in [-0.2, 0) is 4.79 Å². The molecule has 0 spiro atoms. The normalized spacial score (nSPS) is 25.8. The monoisotopic (exact) mass is 275 g/mol. The van der Waals surface area contributed by atoms with Crippen molar-refractivity contribution in [1.82, 2.24) is 10.3 Å². The first-order valence-corrected chi connectivity index (χ1v) is 6.87. The standard InChI is InChI=1S/C14H17N3O3/c18-13-2-1-10-8-17(6-4-11(10)16-13)12-7-9(14(19)20)3-5-15-12/h3,5,7,10-11H,1-2,4,6,8H2,(H,16,18)(H,19,20). The van der Waals surface area contributed by atoms with Crippen molar-refractivity contribution in [2.75, 3.05) is 18.0 Å². The summed E-state index contributed by atoms with van der Waals surface area (Å²) >= 11 is 0. The number of piperidine rings is 2. The second kappa shape index (κ2) is 5.11. The third-order valence-corrected chi connectivity index (χ3v) is 4.14. The van der Waals surface area contributed by atoms with E-state index in [2.05, 4.69) is 15.2 Å². The van der Waals surface area contributed by atoms with Crippen molar-refractivity contribution in [3.63, 3.8) is 0 Å². The Balaban J connectivity index is 1.74. The number of anilines is 1. The zero-order valence-electron chi connectivity index (χ0n) is 11.1. The van der Waals surface area contributed by atoms with Gasteiger partial charge in [-0.1, -0.05) is 0 Å². The van der Waals surface area contributed by atoms with Gasteiger partial charge in [0.05, 0.1) is 5.56 Å². The Morgan fingerprint density at radius 2 is 2.30 bits per heavy atom. The molecular weight excluding hydrogens is 258 g/mol. The first-order valence-electron chi connectivity index (χ1n) is 6.87. The van der Waals surface area contributed by atoms with Gasteiger partial charge in [0.25, 0.3) is 0 Å². The number of amides is 1. The van der Waals surface area contributed by atoms with Crippen LogP contribution in [0.1, 0.15) is 29.6 Å². The molecule has 0 bridgehead atoms. The molecule has 0 radical (unpaired) electrons. The number of fused-ring (bicyclic) bond motifs is 1. The summed E-state index contributed by atoms with van der Waals surface area (Å²) in [6, 6.07) is 3.37. The highest BCUT2D eigenvalue weighted by Crippen LogP contribution is 2.28. The molecule has 6 nitrogen and oxygen atoms in total. The molecule has 2 aliphatic heterocycles. The molecule has 0 aliphatic carbocycles. The minimum Gasteiger partial charge on any atom is -0.478 e. The van der Waals surface area contributed by atoms with Gasteiger partial charge in [-0.2, -0.15) is 0 Å². The fourth-order valence-electron chi connectivity index (χ4n) is 3.04. The number of nitrogens with one attached hydrogen (secondary N) is 1. The van der Waals surface area contributed by atoms with E-state index in [1.54, 1.807) is 6.07 Å². The number of aromatic carboxylic acids is 1. The SMILES string of the molecule is O=C1CCC2CN(c3cc(C(=O)O)ccn3)CCC2N1. The number of pyridine rings is 1. The van der Waals surface area contributed by atoms with Crippen molar-refractivity contribution in [3.8, 4) is 0 Å². The molecule has 106 valence electrons. The van der Waals surface area contributed by atoms with Gasteiger partial charge < -0.3 is 15.3 Å². The average Bonchev–Trinajstić information content (AvgIpc) is 2.47. The Labute approximate surface area is 116 Å². The van der Waals surface area contributed by atoms with Crippen molar-refractivity contribution in [1.29, 1.82) is 0 Å². The molecule has 6 heteroatoms. The van der Waals surface area contributed by atoms with Crippen LogP contribution in [0.2, 0.25) is 0 Å². The van der Waals surface area contributed by atoms with Crippen LogP contribution < -0.4 is 10.2 Å². The Morgan fingerprint density at radius 3 is 3.10 bits per heavy atom. The average molecular weight is 275 g/mol. The highest BCUT2D eigenvalue weighted by Gasteiger charge is 2.34. The molecule has 1 aromatic heterocycles. The molecule has 20 heavy (non-hydrogen) atoms. The Bertz CT molecular complexity index is 546. The van der Waals surface area contributed by atoms with Gasteiger partial charge in [0.2, 0.25) is 5.91 Å². The fraction of sp³-hybridized carbons (Fsp3) is 0.500. The largest absolute Gasteiger partial charge is 0.478 e. The van der Waals surface area contributed by atoms with Crippen LogP contribution in [0.4, 0.5) is 5.82 Å². The topological polar surface area (TPSA) is 82.5 Å². The predicted molar refractivity (Wildman–Crippen MR) is 72.7 cm³/mol. The summed E-state index contributed by atoms with van der Waals surface area (Å²) in [6.07, 6.45) is 3.89. The quantitative estimate of drug-likeness (QED) is 0.837. The molecule has 3 rings (SSSR count). The molecule has 3 heterocycles. The van der Waals surface area contributed by atoms with Crippen molar-refractivity contribution in [2.45, 2.75) is 25.3 Å². The molecule has 2 aliphatic rings. The summed E-state index contributed by atoms with van der Waals surface area (Å²) in [6.45, 7) is 1.61. The molecule has 2 unspecified atom stereocenters. The molecular formula is C14H17N3O3. The maximum atomic E-state index is 11.4. The van der Waals surface area contributed by atoms with Gasteiger partial charge in [0.15, 0.2) is 0 Å². The van der Waals surface area contributed by atoms with Gasteiger partial charge in [-0.25, -0.2) is 9.78 Å². The molecule has 2 fully saturated rings. The third kappa shape index (κ3) is 2.45. The van der Waals surface area contributed by atoms with Crippen LogP contribution in [0, 0.1) is 5.92 Å². The number of nitrogens with zero attached hydrogens (tertiary/aromatic N) is 2. The number of hydrogen-bond acceptors (Lipinski definition) is 4. The van der Waals surface area contributed by atoms with E-state index in [-0.39, 0.29) is 17.5 Å². The van der Waals surface area contributed by atoms with Crippen LogP contribution in [-0.4, -0.2) is 41.1 Å². The molecule has 0 aromatic carbocycles. The fourth-order valence-corrected chi connectivity index (χ4v) is 3.04. The lowest BCUT2D eigenvalue weighted by molar-refractivity contribution is -0.124. The summed E-state index contributed by atoms with van der Waals surface area (Å²) in [4.78, 5) is 28.8. The minimum atomic E-state index is -0.937. The van der Waals surface area contributed by atoms with Gasteiger partial charge >= 0.3 is 5.97 Å². The highest BCUT2D eigenvalue weighted by molar-refractivity contribution is 5.88. The summed E-state index contributed by atoms with van der Waals surface area (Å²) in [5.74, 6) is 0.344. The van der Waals surface area contributed by atoms with Crippen LogP contribution >= 0.6 is 0 Å². The number of carbonyl (C=O) groups is 2. The van der Waals surface area contributed by atoms with Gasteiger partial charge in [-0.3, -0.25) is 4.79 Å². The highest BCUT2D eigenvalue weighted by atomic mass is 16.4. The summed E-state index contributed by atoms with van der Waals surface area (Å²) < 4.78 is 0. The van der Waals surface area contributed by atoms with E-state index >= 15 is 0 Å². The van der Waals surface area contributed by atoms with Crippen LogP contribution in [0.3, 0.4) is 0 Å². The number of carbonyl (C=O) groups excluding carboxylic acids is 1.